The number of rotatable bonds is 1. The van der Waals surface area contributed by atoms with Gasteiger partial charge < -0.3 is 10.0 Å². The second-order valence-electron chi connectivity index (χ2n) is 2.46. The predicted octanol–water partition coefficient (Wildman–Crippen LogP) is -1.76. The summed E-state index contributed by atoms with van der Waals surface area (Å²) < 4.78 is 0. The Hall–Kier alpha value is 1.05. The van der Waals surface area contributed by atoms with E-state index in [0.29, 0.717) is 12.6 Å². The first-order valence-corrected chi connectivity index (χ1v) is 3.15. The summed E-state index contributed by atoms with van der Waals surface area (Å²) in [6.07, 6.45) is 2.43. The molecule has 0 radical (unpaired) electrons. The molecule has 1 saturated heterocycles. The molecule has 4 heteroatoms. The van der Waals surface area contributed by atoms with E-state index in [1.165, 1.54) is 12.8 Å². The first kappa shape index (κ1) is 13.6. The summed E-state index contributed by atoms with van der Waals surface area (Å²) in [4.78, 5) is 2.21. The van der Waals surface area contributed by atoms with Crippen molar-refractivity contribution < 1.29 is 5.11 Å². The summed E-state index contributed by atoms with van der Waals surface area (Å²) in [7, 11) is 2.06. The van der Waals surface area contributed by atoms with E-state index in [4.69, 9.17) is 5.11 Å². The fourth-order valence-corrected chi connectivity index (χ4v) is 1.21. The van der Waals surface area contributed by atoms with Crippen LogP contribution in [0.2, 0.25) is 0 Å². The van der Waals surface area contributed by atoms with E-state index in [2.05, 4.69) is 11.9 Å². The van der Waals surface area contributed by atoms with Crippen molar-refractivity contribution in [2.75, 3.05) is 20.2 Å². The third kappa shape index (κ3) is 3.44. The van der Waals surface area contributed by atoms with Crippen LogP contribution in [0.5, 0.6) is 0 Å². The molecule has 0 spiro atoms. The van der Waals surface area contributed by atoms with E-state index in [0.717, 1.165) is 6.54 Å². The third-order valence-corrected chi connectivity index (χ3v) is 1.88. The second kappa shape index (κ2) is 6.74. The Morgan fingerprint density at radius 2 is 2.20 bits per heavy atom. The van der Waals surface area contributed by atoms with Gasteiger partial charge in [0.1, 0.15) is 0 Å². The SMILES string of the molecule is CN1CCC[C@@H]1CO.[AlH3].[LiH]. The van der Waals surface area contributed by atoms with Crippen LogP contribution in [0.15, 0.2) is 0 Å². The molecule has 1 rings (SSSR count). The van der Waals surface area contributed by atoms with Crippen molar-refractivity contribution in [3.8, 4) is 0 Å². The van der Waals surface area contributed by atoms with Crippen LogP contribution < -0.4 is 0 Å². The summed E-state index contributed by atoms with van der Waals surface area (Å²) >= 11 is 0. The second-order valence-corrected chi connectivity index (χ2v) is 2.46. The van der Waals surface area contributed by atoms with Crippen molar-refractivity contribution in [1.82, 2.24) is 4.90 Å². The number of aliphatic hydroxyl groups is 1. The molecule has 1 atom stereocenters. The van der Waals surface area contributed by atoms with Gasteiger partial charge in [-0.15, -0.1) is 0 Å². The zero-order valence-corrected chi connectivity index (χ0v) is 5.30. The van der Waals surface area contributed by atoms with Crippen molar-refractivity contribution in [2.24, 2.45) is 0 Å². The van der Waals surface area contributed by atoms with Gasteiger partial charge in [-0.3, -0.25) is 0 Å². The van der Waals surface area contributed by atoms with Gasteiger partial charge in [-0.1, -0.05) is 0 Å². The number of likely N-dealkylation sites (N-methyl/N-ethyl adjacent to an activating group) is 1. The quantitative estimate of drug-likeness (QED) is 0.451. The molecule has 0 aromatic heterocycles. The number of nitrogens with zero attached hydrogens (tertiary/aromatic N) is 1. The van der Waals surface area contributed by atoms with Crippen LogP contribution in [0.4, 0.5) is 0 Å². The molecular formula is C6H17AlLiNO. The number of hydrogen-bond acceptors (Lipinski definition) is 2. The minimum absolute atomic E-state index is 0. The normalized spacial score (nSPS) is 25.2. The average molecular weight is 153 g/mol. The molecule has 0 bridgehead atoms. The van der Waals surface area contributed by atoms with Gasteiger partial charge in [0.05, 0.1) is 6.61 Å². The van der Waals surface area contributed by atoms with Crippen LogP contribution in [-0.4, -0.2) is 72.5 Å². The topological polar surface area (TPSA) is 23.5 Å². The zero-order valence-electron chi connectivity index (χ0n) is 5.30. The van der Waals surface area contributed by atoms with Crippen molar-refractivity contribution in [3.63, 3.8) is 0 Å². The van der Waals surface area contributed by atoms with Crippen molar-refractivity contribution in [2.45, 2.75) is 18.9 Å². The molecule has 1 aliphatic heterocycles. The molecule has 0 saturated carbocycles. The van der Waals surface area contributed by atoms with Crippen LogP contribution in [0.25, 0.3) is 0 Å². The van der Waals surface area contributed by atoms with E-state index < -0.39 is 0 Å². The van der Waals surface area contributed by atoms with E-state index >= 15 is 0 Å². The molecule has 1 N–H and O–H groups in total. The molecule has 1 heterocycles. The van der Waals surface area contributed by atoms with E-state index in [1.807, 2.05) is 0 Å². The zero-order chi connectivity index (χ0) is 5.98. The number of hydrogen-bond donors (Lipinski definition) is 1. The standard InChI is InChI=1S/C6H13NO.Al.Li.4H/c1-7-4-2-3-6(7)5-8;;;;;;/h6,8H,2-5H2,1H3;;;;;;/t6-;;;;;;/m1....../s1. The van der Waals surface area contributed by atoms with Crippen LogP contribution in [0, 0.1) is 0 Å². The summed E-state index contributed by atoms with van der Waals surface area (Å²) in [5, 5.41) is 8.69. The monoisotopic (exact) mass is 153 g/mol. The minimum atomic E-state index is 0. The molecule has 0 aromatic carbocycles. The summed E-state index contributed by atoms with van der Waals surface area (Å²) in [5.74, 6) is 0. The Labute approximate surface area is 85.3 Å². The Morgan fingerprint density at radius 3 is 2.40 bits per heavy atom. The molecule has 0 aliphatic carbocycles. The van der Waals surface area contributed by atoms with Gasteiger partial charge in [0, 0.05) is 6.04 Å². The van der Waals surface area contributed by atoms with Gasteiger partial charge in [0.2, 0.25) is 0 Å². The van der Waals surface area contributed by atoms with E-state index in [-0.39, 0.29) is 36.2 Å². The number of likely N-dealkylation sites (tertiary alicyclic amines) is 1. The van der Waals surface area contributed by atoms with Gasteiger partial charge in [0.25, 0.3) is 0 Å². The molecule has 2 nitrogen and oxygen atoms in total. The third-order valence-electron chi connectivity index (χ3n) is 1.88. The summed E-state index contributed by atoms with van der Waals surface area (Å²) in [6.45, 7) is 1.49. The first-order valence-electron chi connectivity index (χ1n) is 3.15. The molecular weight excluding hydrogens is 136 g/mol. The summed E-state index contributed by atoms with van der Waals surface area (Å²) in [6, 6.07) is 0.454. The predicted molar refractivity (Wildman–Crippen MR) is 49.8 cm³/mol. The maximum atomic E-state index is 8.69. The van der Waals surface area contributed by atoms with E-state index in [9.17, 15) is 0 Å². The van der Waals surface area contributed by atoms with Crippen molar-refractivity contribution in [1.29, 1.82) is 0 Å². The van der Waals surface area contributed by atoms with Crippen LogP contribution in [0.1, 0.15) is 12.8 Å². The van der Waals surface area contributed by atoms with Gasteiger partial charge in [-0.25, -0.2) is 0 Å². The Bertz CT molecular complexity index is 84.1. The molecule has 0 unspecified atom stereocenters. The fourth-order valence-electron chi connectivity index (χ4n) is 1.21. The van der Waals surface area contributed by atoms with E-state index in [1.54, 1.807) is 0 Å². The Balaban J connectivity index is 0. The molecule has 0 amide bonds. The molecule has 1 aliphatic rings. The maximum absolute atomic E-state index is 8.69. The molecule has 1 fully saturated rings. The summed E-state index contributed by atoms with van der Waals surface area (Å²) in [5.41, 5.74) is 0. The fraction of sp³-hybridized carbons (Fsp3) is 1.00. The van der Waals surface area contributed by atoms with Crippen LogP contribution in [0.3, 0.4) is 0 Å². The van der Waals surface area contributed by atoms with Crippen molar-refractivity contribution in [3.05, 3.63) is 0 Å². The van der Waals surface area contributed by atoms with Crippen LogP contribution in [-0.2, 0) is 0 Å². The number of aliphatic hydroxyl groups excluding tert-OH is 1. The van der Waals surface area contributed by atoms with Gasteiger partial charge in [-0.05, 0) is 26.4 Å². The van der Waals surface area contributed by atoms with Gasteiger partial charge >= 0.3 is 18.9 Å². The average Bonchev–Trinajstić information content (AvgIpc) is 2.14. The van der Waals surface area contributed by atoms with Gasteiger partial charge in [-0.2, -0.15) is 0 Å². The Kier molecular flexibility index (Phi) is 9.19. The molecule has 0 aromatic rings. The van der Waals surface area contributed by atoms with Crippen molar-refractivity contribution >= 4 is 36.2 Å². The Morgan fingerprint density at radius 1 is 1.60 bits per heavy atom. The van der Waals surface area contributed by atoms with Crippen LogP contribution >= 0.6 is 0 Å². The molecule has 56 valence electrons. The first-order chi connectivity index (χ1) is 3.84. The molecule has 10 heavy (non-hydrogen) atoms. The van der Waals surface area contributed by atoms with Gasteiger partial charge in [0.15, 0.2) is 17.4 Å².